The number of anilines is 2. The number of halogens is 2. The Morgan fingerprint density at radius 3 is 2.83 bits per heavy atom. The van der Waals surface area contributed by atoms with Gasteiger partial charge >= 0.3 is 5.69 Å². The van der Waals surface area contributed by atoms with Crippen LogP contribution < -0.4 is 5.32 Å². The first kappa shape index (κ1) is 12.2. The maximum Gasteiger partial charge on any atom is 0.348 e. The van der Waals surface area contributed by atoms with Gasteiger partial charge in [0.2, 0.25) is 11.0 Å². The maximum absolute atomic E-state index is 13.0. The first-order valence-electron chi connectivity index (χ1n) is 4.75. The van der Waals surface area contributed by atoms with Crippen molar-refractivity contribution < 1.29 is 9.31 Å². The van der Waals surface area contributed by atoms with Crippen LogP contribution >= 0.6 is 11.6 Å². The molecule has 0 atom stereocenters. The summed E-state index contributed by atoms with van der Waals surface area (Å²) >= 11 is 5.62. The van der Waals surface area contributed by atoms with Crippen molar-refractivity contribution in [1.82, 2.24) is 9.97 Å². The maximum atomic E-state index is 13.0. The quantitative estimate of drug-likeness (QED) is 0.526. The van der Waals surface area contributed by atoms with Crippen LogP contribution in [0.4, 0.5) is 21.6 Å². The van der Waals surface area contributed by atoms with Crippen molar-refractivity contribution >= 4 is 28.8 Å². The molecule has 1 aromatic carbocycles. The Morgan fingerprint density at radius 1 is 1.39 bits per heavy atom. The molecule has 2 aromatic rings. The van der Waals surface area contributed by atoms with Crippen LogP contribution in [-0.2, 0) is 0 Å². The van der Waals surface area contributed by atoms with E-state index in [-0.39, 0.29) is 11.0 Å². The summed E-state index contributed by atoms with van der Waals surface area (Å²) in [5.41, 5.74) is -0.128. The minimum Gasteiger partial charge on any atom is -0.334 e. The molecule has 0 aliphatic rings. The molecule has 0 saturated heterocycles. The van der Waals surface area contributed by atoms with Gasteiger partial charge in [-0.3, -0.25) is 10.1 Å². The fourth-order valence-electron chi connectivity index (χ4n) is 1.31. The number of nitrogens with zero attached hydrogens (tertiary/aromatic N) is 3. The highest BCUT2D eigenvalue weighted by atomic mass is 35.5. The molecule has 0 aliphatic carbocycles. The van der Waals surface area contributed by atoms with Gasteiger partial charge in [0.25, 0.3) is 0 Å². The van der Waals surface area contributed by atoms with E-state index >= 15 is 0 Å². The van der Waals surface area contributed by atoms with Crippen LogP contribution in [0.25, 0.3) is 0 Å². The van der Waals surface area contributed by atoms with Crippen molar-refractivity contribution in [2.75, 3.05) is 5.32 Å². The Morgan fingerprint density at radius 2 is 2.17 bits per heavy atom. The van der Waals surface area contributed by atoms with Gasteiger partial charge < -0.3 is 5.32 Å². The molecule has 8 heteroatoms. The van der Waals surface area contributed by atoms with Gasteiger partial charge in [-0.25, -0.2) is 14.4 Å². The predicted octanol–water partition coefficient (Wildman–Crippen LogP) is 2.92. The van der Waals surface area contributed by atoms with Gasteiger partial charge in [0.15, 0.2) is 0 Å². The van der Waals surface area contributed by atoms with Crippen LogP contribution in [0.1, 0.15) is 0 Å². The van der Waals surface area contributed by atoms with Gasteiger partial charge in [0.05, 0.1) is 4.92 Å². The summed E-state index contributed by atoms with van der Waals surface area (Å²) in [6.07, 6.45) is 1.08. The van der Waals surface area contributed by atoms with Crippen LogP contribution in [0.2, 0.25) is 5.15 Å². The van der Waals surface area contributed by atoms with E-state index in [9.17, 15) is 14.5 Å². The van der Waals surface area contributed by atoms with Crippen molar-refractivity contribution in [3.05, 3.63) is 51.7 Å². The average Bonchev–Trinajstić information content (AvgIpc) is 2.28. The zero-order valence-corrected chi connectivity index (χ0v) is 9.56. The first-order chi connectivity index (χ1) is 8.58. The number of benzene rings is 1. The number of rotatable bonds is 3. The normalized spacial score (nSPS) is 10.1. The Bertz CT molecular complexity index is 608. The number of nitrogens with one attached hydrogen (secondary N) is 1. The fourth-order valence-corrected chi connectivity index (χ4v) is 1.52. The van der Waals surface area contributed by atoms with Crippen molar-refractivity contribution in [3.63, 3.8) is 0 Å². The molecular weight excluding hydrogens is 263 g/mol. The summed E-state index contributed by atoms with van der Waals surface area (Å²) in [6.45, 7) is 0. The fraction of sp³-hybridized carbons (Fsp3) is 0. The molecule has 2 rings (SSSR count). The molecule has 0 unspecified atom stereocenters. The number of aromatic nitrogens is 2. The molecule has 0 saturated carbocycles. The summed E-state index contributed by atoms with van der Waals surface area (Å²) in [5.74, 6) is -0.562. The predicted molar refractivity (Wildman–Crippen MR) is 63.4 cm³/mol. The van der Waals surface area contributed by atoms with E-state index in [0.717, 1.165) is 6.33 Å². The summed E-state index contributed by atoms with van der Waals surface area (Å²) in [4.78, 5) is 17.4. The van der Waals surface area contributed by atoms with Gasteiger partial charge in [-0.1, -0.05) is 17.7 Å². The van der Waals surface area contributed by atoms with E-state index in [4.69, 9.17) is 11.6 Å². The number of hydrogen-bond acceptors (Lipinski definition) is 5. The minimum absolute atomic E-state index is 0.0920. The van der Waals surface area contributed by atoms with E-state index in [1.807, 2.05) is 0 Å². The molecule has 1 heterocycles. The van der Waals surface area contributed by atoms with Gasteiger partial charge in [0, 0.05) is 5.69 Å². The smallest absolute Gasteiger partial charge is 0.334 e. The Balaban J connectivity index is 2.40. The SMILES string of the molecule is O=[N+]([O-])c1c(Cl)ncnc1Nc1cccc(F)c1. The largest absolute Gasteiger partial charge is 0.348 e. The number of hydrogen-bond donors (Lipinski definition) is 1. The monoisotopic (exact) mass is 268 g/mol. The molecule has 1 N–H and O–H groups in total. The van der Waals surface area contributed by atoms with Crippen LogP contribution in [0, 0.1) is 15.9 Å². The Hall–Kier alpha value is -2.28. The van der Waals surface area contributed by atoms with Crippen molar-refractivity contribution in [1.29, 1.82) is 0 Å². The topological polar surface area (TPSA) is 81.0 Å². The van der Waals surface area contributed by atoms with Gasteiger partial charge in [-0.05, 0) is 18.2 Å². The second-order valence-corrected chi connectivity index (χ2v) is 3.61. The van der Waals surface area contributed by atoms with Crippen LogP contribution in [0.3, 0.4) is 0 Å². The molecule has 0 spiro atoms. The van der Waals surface area contributed by atoms with Crippen molar-refractivity contribution in [2.45, 2.75) is 0 Å². The Labute approximate surface area is 106 Å². The molecular formula is C10H6ClFN4O2. The average molecular weight is 269 g/mol. The molecule has 0 aliphatic heterocycles. The molecule has 0 radical (unpaired) electrons. The van der Waals surface area contributed by atoms with Crippen LogP contribution in [-0.4, -0.2) is 14.9 Å². The van der Waals surface area contributed by atoms with Crippen molar-refractivity contribution in [2.24, 2.45) is 0 Å². The highest BCUT2D eigenvalue weighted by Crippen LogP contribution is 2.30. The third-order valence-electron chi connectivity index (χ3n) is 2.05. The van der Waals surface area contributed by atoms with Gasteiger partial charge in [-0.15, -0.1) is 0 Å². The molecule has 0 fully saturated rings. The summed E-state index contributed by atoms with van der Waals surface area (Å²) in [7, 11) is 0. The van der Waals surface area contributed by atoms with E-state index in [2.05, 4.69) is 15.3 Å². The highest BCUT2D eigenvalue weighted by Gasteiger charge is 2.21. The summed E-state index contributed by atoms with van der Waals surface area (Å²) in [5, 5.41) is 13.2. The van der Waals surface area contributed by atoms with E-state index in [1.165, 1.54) is 18.2 Å². The van der Waals surface area contributed by atoms with Crippen LogP contribution in [0.15, 0.2) is 30.6 Å². The lowest BCUT2D eigenvalue weighted by atomic mass is 10.3. The third-order valence-corrected chi connectivity index (χ3v) is 2.32. The van der Waals surface area contributed by atoms with E-state index in [1.54, 1.807) is 6.07 Å². The molecule has 1 aromatic heterocycles. The second kappa shape index (κ2) is 4.92. The van der Waals surface area contributed by atoms with E-state index in [0.29, 0.717) is 5.69 Å². The third kappa shape index (κ3) is 2.51. The molecule has 6 nitrogen and oxygen atoms in total. The van der Waals surface area contributed by atoms with Gasteiger partial charge in [0.1, 0.15) is 12.1 Å². The Kier molecular flexibility index (Phi) is 3.33. The zero-order chi connectivity index (χ0) is 13.1. The number of nitro groups is 1. The standard InChI is InChI=1S/C10H6ClFN4O2/c11-9-8(16(17)18)10(14-5-13-9)15-7-3-1-2-6(12)4-7/h1-5H,(H,13,14,15). The summed E-state index contributed by atoms with van der Waals surface area (Å²) in [6, 6.07) is 5.45. The molecule has 0 amide bonds. The lowest BCUT2D eigenvalue weighted by Gasteiger charge is -2.06. The molecule has 92 valence electrons. The van der Waals surface area contributed by atoms with E-state index < -0.39 is 16.4 Å². The lowest BCUT2D eigenvalue weighted by molar-refractivity contribution is -0.384. The minimum atomic E-state index is -0.704. The van der Waals surface area contributed by atoms with Crippen LogP contribution in [0.5, 0.6) is 0 Å². The van der Waals surface area contributed by atoms with Gasteiger partial charge in [-0.2, -0.15) is 0 Å². The summed E-state index contributed by atoms with van der Waals surface area (Å²) < 4.78 is 13.0. The lowest BCUT2D eigenvalue weighted by Crippen LogP contribution is -2.01. The molecule has 0 bridgehead atoms. The second-order valence-electron chi connectivity index (χ2n) is 3.25. The first-order valence-corrected chi connectivity index (χ1v) is 5.13. The zero-order valence-electron chi connectivity index (χ0n) is 8.80. The molecule has 18 heavy (non-hydrogen) atoms. The highest BCUT2D eigenvalue weighted by molar-refractivity contribution is 6.31. The van der Waals surface area contributed by atoms with Crippen molar-refractivity contribution in [3.8, 4) is 0 Å².